The summed E-state index contributed by atoms with van der Waals surface area (Å²) in [4.78, 5) is 16.2. The highest BCUT2D eigenvalue weighted by atomic mass is 32.2. The number of alkyl halides is 3. The number of hydrogen-bond acceptors (Lipinski definition) is 8. The first-order valence-electron chi connectivity index (χ1n) is 10.0. The number of nitro groups is 1. The van der Waals surface area contributed by atoms with Gasteiger partial charge in [-0.1, -0.05) is 23.4 Å². The highest BCUT2D eigenvalue weighted by Gasteiger charge is 2.32. The fourth-order valence-electron chi connectivity index (χ4n) is 3.50. The smallest absolute Gasteiger partial charge is 0.338 e. The van der Waals surface area contributed by atoms with Gasteiger partial charge >= 0.3 is 6.18 Å². The first-order valence-corrected chi connectivity index (χ1v) is 11.5. The van der Waals surface area contributed by atoms with Gasteiger partial charge in [0.15, 0.2) is 0 Å². The van der Waals surface area contributed by atoms with Crippen LogP contribution in [-0.2, 0) is 22.7 Å². The maximum absolute atomic E-state index is 12.9. The van der Waals surface area contributed by atoms with E-state index in [4.69, 9.17) is 4.52 Å². The number of halogens is 3. The average molecular weight is 497 g/mol. The van der Waals surface area contributed by atoms with Crippen molar-refractivity contribution in [1.29, 1.82) is 0 Å². The van der Waals surface area contributed by atoms with E-state index in [0.29, 0.717) is 13.1 Å². The third-order valence-corrected chi connectivity index (χ3v) is 7.17. The van der Waals surface area contributed by atoms with E-state index in [-0.39, 0.29) is 47.5 Å². The maximum Gasteiger partial charge on any atom is 0.416 e. The molecule has 1 fully saturated rings. The quantitative estimate of drug-likeness (QED) is 0.376. The van der Waals surface area contributed by atoms with Gasteiger partial charge in [-0.05, 0) is 18.2 Å². The van der Waals surface area contributed by atoms with Gasteiger partial charge in [0.05, 0.1) is 21.9 Å². The lowest BCUT2D eigenvalue weighted by molar-refractivity contribution is -0.385. The molecule has 0 amide bonds. The summed E-state index contributed by atoms with van der Waals surface area (Å²) >= 11 is 0. The highest BCUT2D eigenvalue weighted by Crippen LogP contribution is 2.31. The molecule has 0 atom stereocenters. The van der Waals surface area contributed by atoms with Crippen LogP contribution >= 0.6 is 0 Å². The number of hydrogen-bond donors (Lipinski definition) is 0. The van der Waals surface area contributed by atoms with Gasteiger partial charge in [-0.15, -0.1) is 0 Å². The Morgan fingerprint density at radius 2 is 1.76 bits per heavy atom. The maximum atomic E-state index is 12.9. The van der Waals surface area contributed by atoms with Gasteiger partial charge in [-0.25, -0.2) is 8.42 Å². The van der Waals surface area contributed by atoms with Crippen LogP contribution in [0.5, 0.6) is 0 Å². The van der Waals surface area contributed by atoms with Crippen molar-refractivity contribution in [3.63, 3.8) is 0 Å². The molecule has 0 saturated carbocycles. The molecule has 0 spiro atoms. The van der Waals surface area contributed by atoms with Crippen LogP contribution in [0.2, 0.25) is 0 Å². The second kappa shape index (κ2) is 9.12. The summed E-state index contributed by atoms with van der Waals surface area (Å²) in [5.74, 6) is 0.204. The van der Waals surface area contributed by atoms with Crippen molar-refractivity contribution in [1.82, 2.24) is 19.3 Å². The van der Waals surface area contributed by atoms with E-state index in [1.807, 2.05) is 4.90 Å². The predicted molar refractivity (Wildman–Crippen MR) is 112 cm³/mol. The van der Waals surface area contributed by atoms with E-state index in [1.54, 1.807) is 0 Å². The SMILES string of the molecule is O=[N+]([O-])c1cccc(S(=O)(=O)N2CCN(Cc3nc(-c4cccc(C(F)(F)F)c4)no3)CC2)c1. The predicted octanol–water partition coefficient (Wildman–Crippen LogP) is 3.17. The first-order chi connectivity index (χ1) is 16.0. The number of non-ortho nitro benzene ring substituents is 1. The van der Waals surface area contributed by atoms with Crippen molar-refractivity contribution in [2.24, 2.45) is 0 Å². The Balaban J connectivity index is 1.39. The van der Waals surface area contributed by atoms with Crippen molar-refractivity contribution in [2.75, 3.05) is 26.2 Å². The lowest BCUT2D eigenvalue weighted by Gasteiger charge is -2.33. The molecule has 0 bridgehead atoms. The Morgan fingerprint density at radius 3 is 2.44 bits per heavy atom. The van der Waals surface area contributed by atoms with E-state index in [9.17, 15) is 31.7 Å². The molecule has 1 aliphatic rings. The second-order valence-corrected chi connectivity index (χ2v) is 9.46. The molecule has 2 heterocycles. The van der Waals surface area contributed by atoms with Gasteiger partial charge in [0.2, 0.25) is 21.7 Å². The zero-order valence-electron chi connectivity index (χ0n) is 17.5. The van der Waals surface area contributed by atoms with Crippen LogP contribution in [0.1, 0.15) is 11.5 Å². The van der Waals surface area contributed by atoms with Crippen LogP contribution in [0.4, 0.5) is 18.9 Å². The van der Waals surface area contributed by atoms with Crippen molar-refractivity contribution in [3.05, 3.63) is 70.1 Å². The minimum absolute atomic E-state index is 0.0213. The summed E-state index contributed by atoms with van der Waals surface area (Å²) in [6.45, 7) is 1.13. The number of piperazine rings is 1. The molecular weight excluding hydrogens is 479 g/mol. The molecule has 0 unspecified atom stereocenters. The van der Waals surface area contributed by atoms with Gasteiger partial charge in [0, 0.05) is 43.9 Å². The number of nitro benzene ring substituents is 1. The normalized spacial score (nSPS) is 16.0. The summed E-state index contributed by atoms with van der Waals surface area (Å²) in [5.41, 5.74) is -0.970. The average Bonchev–Trinajstić information content (AvgIpc) is 3.27. The summed E-state index contributed by atoms with van der Waals surface area (Å²) in [7, 11) is -3.90. The van der Waals surface area contributed by atoms with E-state index in [1.165, 1.54) is 34.6 Å². The van der Waals surface area contributed by atoms with Crippen LogP contribution in [0.15, 0.2) is 57.9 Å². The standard InChI is InChI=1S/C20H18F3N5O5S/c21-20(22,23)15-4-1-3-14(11-15)19-24-18(33-25-19)13-26-7-9-27(10-8-26)34(31,32)17-6-2-5-16(12-17)28(29)30/h1-6,11-12H,7-10,13H2. The van der Waals surface area contributed by atoms with Gasteiger partial charge in [0.1, 0.15) is 0 Å². The number of nitrogens with zero attached hydrogens (tertiary/aromatic N) is 5. The van der Waals surface area contributed by atoms with Crippen LogP contribution in [-0.4, -0.2) is 58.9 Å². The van der Waals surface area contributed by atoms with Crippen LogP contribution in [0, 0.1) is 10.1 Å². The summed E-state index contributed by atoms with van der Waals surface area (Å²) in [6.07, 6.45) is -4.49. The Hall–Kier alpha value is -3.36. The van der Waals surface area contributed by atoms with Crippen molar-refractivity contribution < 1.29 is 31.0 Å². The number of aromatic nitrogens is 2. The first kappa shape index (κ1) is 23.8. The Labute approximate surface area is 191 Å². The van der Waals surface area contributed by atoms with E-state index >= 15 is 0 Å². The minimum Gasteiger partial charge on any atom is -0.338 e. The molecule has 0 N–H and O–H groups in total. The molecule has 0 radical (unpaired) electrons. The molecule has 14 heteroatoms. The third-order valence-electron chi connectivity index (χ3n) is 5.27. The largest absolute Gasteiger partial charge is 0.416 e. The van der Waals surface area contributed by atoms with Crippen molar-refractivity contribution >= 4 is 15.7 Å². The minimum atomic E-state index is -4.49. The molecule has 1 saturated heterocycles. The molecule has 4 rings (SSSR count). The Kier molecular flexibility index (Phi) is 6.38. The fourth-order valence-corrected chi connectivity index (χ4v) is 4.96. The van der Waals surface area contributed by atoms with Gasteiger partial charge in [0.25, 0.3) is 5.69 Å². The highest BCUT2D eigenvalue weighted by molar-refractivity contribution is 7.89. The lowest BCUT2D eigenvalue weighted by atomic mass is 10.1. The van der Waals surface area contributed by atoms with Crippen molar-refractivity contribution in [3.8, 4) is 11.4 Å². The van der Waals surface area contributed by atoms with E-state index < -0.39 is 26.7 Å². The zero-order valence-corrected chi connectivity index (χ0v) is 18.3. The molecule has 3 aromatic rings. The van der Waals surface area contributed by atoms with Gasteiger partial charge < -0.3 is 4.52 Å². The summed E-state index contributed by atoms with van der Waals surface area (Å²) in [6, 6.07) is 9.46. The topological polar surface area (TPSA) is 123 Å². The second-order valence-electron chi connectivity index (χ2n) is 7.52. The zero-order chi connectivity index (χ0) is 24.5. The molecular formula is C20H18F3N5O5S. The Bertz CT molecular complexity index is 1300. The van der Waals surface area contributed by atoms with E-state index in [0.717, 1.165) is 18.2 Å². The molecule has 2 aromatic carbocycles. The number of sulfonamides is 1. The van der Waals surface area contributed by atoms with Crippen LogP contribution in [0.25, 0.3) is 11.4 Å². The Morgan fingerprint density at radius 1 is 1.06 bits per heavy atom. The van der Waals surface area contributed by atoms with E-state index in [2.05, 4.69) is 10.1 Å². The summed E-state index contributed by atoms with van der Waals surface area (Å²) < 4.78 is 70.9. The molecule has 34 heavy (non-hydrogen) atoms. The number of rotatable bonds is 6. The third kappa shape index (κ3) is 5.08. The van der Waals surface area contributed by atoms with Crippen LogP contribution < -0.4 is 0 Å². The van der Waals surface area contributed by atoms with Crippen molar-refractivity contribution in [2.45, 2.75) is 17.6 Å². The lowest BCUT2D eigenvalue weighted by Crippen LogP contribution is -2.48. The molecule has 0 aliphatic carbocycles. The van der Waals surface area contributed by atoms with Crippen LogP contribution in [0.3, 0.4) is 0 Å². The fraction of sp³-hybridized carbons (Fsp3) is 0.300. The number of benzene rings is 2. The van der Waals surface area contributed by atoms with Gasteiger partial charge in [-0.2, -0.15) is 22.5 Å². The molecule has 10 nitrogen and oxygen atoms in total. The van der Waals surface area contributed by atoms with Gasteiger partial charge in [-0.3, -0.25) is 15.0 Å². The molecule has 1 aliphatic heterocycles. The molecule has 1 aromatic heterocycles. The summed E-state index contributed by atoms with van der Waals surface area (Å²) in [5, 5.41) is 14.7. The monoisotopic (exact) mass is 497 g/mol. The molecule has 180 valence electrons.